The van der Waals surface area contributed by atoms with Gasteiger partial charge >= 0.3 is 5.97 Å². The first kappa shape index (κ1) is 13.0. The third-order valence-corrected chi connectivity index (χ3v) is 2.49. The number of esters is 1. The Morgan fingerprint density at radius 2 is 2.06 bits per heavy atom. The lowest BCUT2D eigenvalue weighted by Gasteiger charge is -2.10. The van der Waals surface area contributed by atoms with E-state index in [1.165, 1.54) is 0 Å². The standard InChI is InChI=1S/C12H16N2O3/c1-7-4-3-5-9(10(7)13)12(16)17-6-8(2)11(14)15/h3-5,8H,6,13H2,1-2H3,(H2,14,15). The van der Waals surface area contributed by atoms with Gasteiger partial charge in [0.2, 0.25) is 5.91 Å². The molecule has 1 atom stereocenters. The molecule has 5 nitrogen and oxygen atoms in total. The molecule has 1 rings (SSSR count). The first-order valence-corrected chi connectivity index (χ1v) is 5.25. The van der Waals surface area contributed by atoms with E-state index in [1.807, 2.05) is 0 Å². The molecule has 0 heterocycles. The second-order valence-electron chi connectivity index (χ2n) is 3.94. The van der Waals surface area contributed by atoms with Gasteiger partial charge in [-0.1, -0.05) is 19.1 Å². The van der Waals surface area contributed by atoms with Gasteiger partial charge in [-0.05, 0) is 18.6 Å². The molecular formula is C12H16N2O3. The maximum atomic E-state index is 11.7. The van der Waals surface area contributed by atoms with Crippen LogP contribution in [0.1, 0.15) is 22.8 Å². The first-order valence-electron chi connectivity index (χ1n) is 5.25. The van der Waals surface area contributed by atoms with Crippen LogP contribution in [0.3, 0.4) is 0 Å². The fourth-order valence-corrected chi connectivity index (χ4v) is 1.22. The molecule has 0 saturated heterocycles. The van der Waals surface area contributed by atoms with Crippen LogP contribution in [0.2, 0.25) is 0 Å². The number of aryl methyl sites for hydroxylation is 1. The largest absolute Gasteiger partial charge is 0.461 e. The molecule has 1 aromatic rings. The number of primary amides is 1. The normalized spacial score (nSPS) is 11.9. The zero-order chi connectivity index (χ0) is 13.0. The van der Waals surface area contributed by atoms with Gasteiger partial charge in [-0.2, -0.15) is 0 Å². The van der Waals surface area contributed by atoms with Gasteiger partial charge in [0.15, 0.2) is 0 Å². The van der Waals surface area contributed by atoms with Gasteiger partial charge in [0.05, 0.1) is 11.5 Å². The molecule has 0 aliphatic carbocycles. The summed E-state index contributed by atoms with van der Waals surface area (Å²) in [6.45, 7) is 3.36. The van der Waals surface area contributed by atoms with Gasteiger partial charge in [0.25, 0.3) is 0 Å². The zero-order valence-corrected chi connectivity index (χ0v) is 9.90. The van der Waals surface area contributed by atoms with Gasteiger partial charge in [0, 0.05) is 5.69 Å². The molecule has 0 spiro atoms. The Morgan fingerprint density at radius 3 is 2.65 bits per heavy atom. The summed E-state index contributed by atoms with van der Waals surface area (Å²) in [5, 5.41) is 0. The summed E-state index contributed by atoms with van der Waals surface area (Å²) < 4.78 is 4.97. The lowest BCUT2D eigenvalue weighted by Crippen LogP contribution is -2.26. The molecule has 5 heteroatoms. The number of hydrogen-bond acceptors (Lipinski definition) is 4. The minimum absolute atomic E-state index is 0.0401. The summed E-state index contributed by atoms with van der Waals surface area (Å²) in [5.74, 6) is -1.56. The van der Waals surface area contributed by atoms with Crippen LogP contribution in [0.5, 0.6) is 0 Å². The van der Waals surface area contributed by atoms with Crippen LogP contribution in [-0.4, -0.2) is 18.5 Å². The summed E-state index contributed by atoms with van der Waals surface area (Å²) in [6, 6.07) is 5.11. The number of para-hydroxylation sites is 1. The van der Waals surface area contributed by atoms with Crippen molar-refractivity contribution in [3.8, 4) is 0 Å². The minimum Gasteiger partial charge on any atom is -0.461 e. The number of ether oxygens (including phenoxy) is 1. The van der Waals surface area contributed by atoms with Gasteiger partial charge < -0.3 is 16.2 Å². The quantitative estimate of drug-likeness (QED) is 0.598. The molecule has 4 N–H and O–H groups in total. The van der Waals surface area contributed by atoms with E-state index in [9.17, 15) is 9.59 Å². The summed E-state index contributed by atoms with van der Waals surface area (Å²) >= 11 is 0. The predicted molar refractivity (Wildman–Crippen MR) is 64.2 cm³/mol. The van der Waals surface area contributed by atoms with Gasteiger partial charge in [-0.3, -0.25) is 4.79 Å². The van der Waals surface area contributed by atoms with Crippen molar-refractivity contribution in [1.82, 2.24) is 0 Å². The number of carbonyl (C=O) groups excluding carboxylic acids is 2. The molecule has 17 heavy (non-hydrogen) atoms. The van der Waals surface area contributed by atoms with Crippen molar-refractivity contribution in [2.75, 3.05) is 12.3 Å². The number of amides is 1. The number of rotatable bonds is 4. The van der Waals surface area contributed by atoms with E-state index in [2.05, 4.69) is 0 Å². The zero-order valence-electron chi connectivity index (χ0n) is 9.90. The van der Waals surface area contributed by atoms with Crippen LogP contribution in [0.15, 0.2) is 18.2 Å². The average molecular weight is 236 g/mol. The van der Waals surface area contributed by atoms with Crippen LogP contribution >= 0.6 is 0 Å². The summed E-state index contributed by atoms with van der Waals surface area (Å²) in [7, 11) is 0. The highest BCUT2D eigenvalue weighted by molar-refractivity contribution is 5.95. The van der Waals surface area contributed by atoms with Gasteiger partial charge in [-0.15, -0.1) is 0 Å². The molecular weight excluding hydrogens is 220 g/mol. The number of carbonyl (C=O) groups is 2. The number of nitrogen functional groups attached to an aromatic ring is 1. The highest BCUT2D eigenvalue weighted by atomic mass is 16.5. The Balaban J connectivity index is 2.71. The first-order chi connectivity index (χ1) is 7.93. The highest BCUT2D eigenvalue weighted by Crippen LogP contribution is 2.17. The molecule has 0 radical (unpaired) electrons. The molecule has 1 aromatic carbocycles. The van der Waals surface area contributed by atoms with E-state index in [-0.39, 0.29) is 6.61 Å². The predicted octanol–water partition coefficient (Wildman–Crippen LogP) is 0.855. The van der Waals surface area contributed by atoms with E-state index in [0.717, 1.165) is 5.56 Å². The third-order valence-electron chi connectivity index (χ3n) is 2.49. The molecule has 0 bridgehead atoms. The van der Waals surface area contributed by atoms with Crippen molar-refractivity contribution in [1.29, 1.82) is 0 Å². The van der Waals surface area contributed by atoms with Crippen molar-refractivity contribution >= 4 is 17.6 Å². The monoisotopic (exact) mass is 236 g/mol. The molecule has 1 unspecified atom stereocenters. The van der Waals surface area contributed by atoms with Crippen molar-refractivity contribution < 1.29 is 14.3 Å². The smallest absolute Gasteiger partial charge is 0.340 e. The fraction of sp³-hybridized carbons (Fsp3) is 0.333. The fourth-order valence-electron chi connectivity index (χ4n) is 1.22. The van der Waals surface area contributed by atoms with Crippen LogP contribution in [0.25, 0.3) is 0 Å². The molecule has 0 aliphatic rings. The molecule has 92 valence electrons. The molecule has 0 saturated carbocycles. The Bertz CT molecular complexity index is 443. The topological polar surface area (TPSA) is 95.4 Å². The maximum absolute atomic E-state index is 11.7. The Morgan fingerprint density at radius 1 is 1.41 bits per heavy atom. The lowest BCUT2D eigenvalue weighted by molar-refractivity contribution is -0.122. The van der Waals surface area contributed by atoms with Crippen molar-refractivity contribution in [3.05, 3.63) is 29.3 Å². The van der Waals surface area contributed by atoms with E-state index in [1.54, 1.807) is 32.0 Å². The van der Waals surface area contributed by atoms with Crippen molar-refractivity contribution in [2.45, 2.75) is 13.8 Å². The van der Waals surface area contributed by atoms with Crippen LogP contribution in [0, 0.1) is 12.8 Å². The molecule has 0 aromatic heterocycles. The lowest BCUT2D eigenvalue weighted by atomic mass is 10.1. The number of nitrogens with two attached hydrogens (primary N) is 2. The van der Waals surface area contributed by atoms with Crippen LogP contribution in [-0.2, 0) is 9.53 Å². The van der Waals surface area contributed by atoms with Crippen molar-refractivity contribution in [2.24, 2.45) is 11.7 Å². The maximum Gasteiger partial charge on any atom is 0.340 e. The van der Waals surface area contributed by atoms with Gasteiger partial charge in [-0.25, -0.2) is 4.79 Å². The summed E-state index contributed by atoms with van der Waals surface area (Å²) in [4.78, 5) is 22.5. The highest BCUT2D eigenvalue weighted by Gasteiger charge is 2.15. The van der Waals surface area contributed by atoms with E-state index < -0.39 is 17.8 Å². The second-order valence-corrected chi connectivity index (χ2v) is 3.94. The summed E-state index contributed by atoms with van der Waals surface area (Å²) in [5.41, 5.74) is 12.3. The number of anilines is 1. The van der Waals surface area contributed by atoms with Crippen LogP contribution < -0.4 is 11.5 Å². The molecule has 1 amide bonds. The van der Waals surface area contributed by atoms with E-state index in [0.29, 0.717) is 11.3 Å². The SMILES string of the molecule is Cc1cccc(C(=O)OCC(C)C(N)=O)c1N. The average Bonchev–Trinajstić information content (AvgIpc) is 2.29. The Kier molecular flexibility index (Phi) is 4.09. The van der Waals surface area contributed by atoms with Crippen LogP contribution in [0.4, 0.5) is 5.69 Å². The van der Waals surface area contributed by atoms with Gasteiger partial charge in [0.1, 0.15) is 6.61 Å². The molecule has 0 aliphatic heterocycles. The Labute approximate surface area is 99.7 Å². The minimum atomic E-state index is -0.542. The second kappa shape index (κ2) is 5.34. The van der Waals surface area contributed by atoms with E-state index >= 15 is 0 Å². The van der Waals surface area contributed by atoms with Crippen molar-refractivity contribution in [3.63, 3.8) is 0 Å². The molecule has 0 fully saturated rings. The summed E-state index contributed by atoms with van der Waals surface area (Å²) in [6.07, 6.45) is 0. The Hall–Kier alpha value is -2.04. The third kappa shape index (κ3) is 3.21. The number of hydrogen-bond donors (Lipinski definition) is 2. The number of benzene rings is 1. The van der Waals surface area contributed by atoms with E-state index in [4.69, 9.17) is 16.2 Å².